The van der Waals surface area contributed by atoms with Crippen LogP contribution in [0.15, 0.2) is 211 Å². The third-order valence-corrected chi connectivity index (χ3v) is 12.2. The van der Waals surface area contributed by atoms with E-state index in [0.29, 0.717) is 29.1 Å². The molecule has 63 heavy (non-hydrogen) atoms. The van der Waals surface area contributed by atoms with Gasteiger partial charge in [0.25, 0.3) is 0 Å². The highest BCUT2D eigenvalue weighted by molar-refractivity contribution is 6.23. The van der Waals surface area contributed by atoms with Crippen LogP contribution in [0.5, 0.6) is 0 Å². The first-order valence-electron chi connectivity index (χ1n) is 21.1. The third-order valence-electron chi connectivity index (χ3n) is 12.2. The minimum absolute atomic E-state index is 0.485. The molecule has 0 unspecified atom stereocenters. The van der Waals surface area contributed by atoms with Crippen molar-refractivity contribution in [2.45, 2.75) is 0 Å². The van der Waals surface area contributed by atoms with Crippen LogP contribution in [0, 0.1) is 0 Å². The molecular formula is C56H34N6O. The summed E-state index contributed by atoms with van der Waals surface area (Å²) in [6, 6.07) is 71.8. The number of nitrogens with zero attached hydrogens (tertiary/aromatic N) is 6. The Morgan fingerprint density at radius 2 is 0.984 bits per heavy atom. The number of rotatable bonds is 6. The number of oxazole rings is 1. The fourth-order valence-corrected chi connectivity index (χ4v) is 9.30. The summed E-state index contributed by atoms with van der Waals surface area (Å²) in [4.78, 5) is 21.0. The molecule has 0 fully saturated rings. The van der Waals surface area contributed by atoms with E-state index in [2.05, 4.69) is 167 Å². The van der Waals surface area contributed by atoms with Gasteiger partial charge in [-0.3, -0.25) is 4.57 Å². The molecule has 9 aromatic carbocycles. The summed E-state index contributed by atoms with van der Waals surface area (Å²) in [6.07, 6.45) is 0. The first-order valence-corrected chi connectivity index (χ1v) is 21.1. The highest BCUT2D eigenvalue weighted by Crippen LogP contribution is 2.42. The molecule has 294 valence electrons. The third kappa shape index (κ3) is 5.60. The molecule has 0 aliphatic heterocycles. The number of aromatic nitrogens is 6. The minimum atomic E-state index is 0.485. The standard InChI is InChI=1S/C56H34N6O/c1-3-15-35(16-4-1)39-21-13-22-41(34-39)61-48-27-11-9-23-42(48)44-31-32-45-43-24-10-12-28-49(43)62(51(45)50(44)61)56-59-53(40-30-29-36-17-7-8-20-38(36)33-40)58-54(60-56)46-25-14-26-47-52(46)63-55(57-47)37-18-5-2-6-19-37/h1-34H. The van der Waals surface area contributed by atoms with E-state index in [9.17, 15) is 0 Å². The molecule has 7 heteroatoms. The summed E-state index contributed by atoms with van der Waals surface area (Å²) in [5.74, 6) is 2.07. The molecule has 0 N–H and O–H groups in total. The van der Waals surface area contributed by atoms with Gasteiger partial charge in [-0.15, -0.1) is 0 Å². The predicted molar refractivity (Wildman–Crippen MR) is 255 cm³/mol. The molecule has 0 aliphatic rings. The van der Waals surface area contributed by atoms with Gasteiger partial charge < -0.3 is 8.98 Å². The number of hydrogen-bond donors (Lipinski definition) is 0. The molecule has 4 aromatic heterocycles. The molecule has 0 spiro atoms. The molecule has 0 atom stereocenters. The summed E-state index contributed by atoms with van der Waals surface area (Å²) in [5, 5.41) is 6.74. The van der Waals surface area contributed by atoms with Gasteiger partial charge in [0.05, 0.1) is 27.6 Å². The topological polar surface area (TPSA) is 74.6 Å². The summed E-state index contributed by atoms with van der Waals surface area (Å²) >= 11 is 0. The molecule has 0 amide bonds. The van der Waals surface area contributed by atoms with Crippen LogP contribution in [-0.2, 0) is 0 Å². The second-order valence-electron chi connectivity index (χ2n) is 15.9. The normalized spacial score (nSPS) is 11.8. The average Bonchev–Trinajstić information content (AvgIpc) is 4.05. The zero-order chi connectivity index (χ0) is 41.4. The van der Waals surface area contributed by atoms with Crippen LogP contribution in [0.4, 0.5) is 0 Å². The summed E-state index contributed by atoms with van der Waals surface area (Å²) < 4.78 is 11.2. The van der Waals surface area contributed by atoms with Crippen molar-refractivity contribution in [2.75, 3.05) is 0 Å². The van der Waals surface area contributed by atoms with Crippen LogP contribution in [0.25, 0.3) is 122 Å². The van der Waals surface area contributed by atoms with Gasteiger partial charge in [-0.2, -0.15) is 9.97 Å². The minimum Gasteiger partial charge on any atom is -0.435 e. The second-order valence-corrected chi connectivity index (χ2v) is 15.9. The fraction of sp³-hybridized carbons (Fsp3) is 0. The van der Waals surface area contributed by atoms with Crippen molar-refractivity contribution in [3.63, 3.8) is 0 Å². The van der Waals surface area contributed by atoms with E-state index in [0.717, 1.165) is 93.4 Å². The monoisotopic (exact) mass is 806 g/mol. The van der Waals surface area contributed by atoms with E-state index in [4.69, 9.17) is 24.4 Å². The molecule has 13 aromatic rings. The van der Waals surface area contributed by atoms with Gasteiger partial charge in [0.1, 0.15) is 5.52 Å². The molecule has 0 saturated heterocycles. The molecule has 0 aliphatic carbocycles. The van der Waals surface area contributed by atoms with Crippen molar-refractivity contribution in [3.05, 3.63) is 206 Å². The SMILES string of the molecule is c1ccc(-c2cccc(-n3c4ccccc4c4ccc5c6ccccc6n(-c6nc(-c7ccc8ccccc8c7)nc(-c7cccc8nc(-c9ccccc9)oc78)n6)c5c43)c2)cc1. The van der Waals surface area contributed by atoms with Crippen LogP contribution in [0.1, 0.15) is 0 Å². The lowest BCUT2D eigenvalue weighted by Gasteiger charge is -2.14. The number of fused-ring (bicyclic) bond motifs is 9. The van der Waals surface area contributed by atoms with E-state index in [1.54, 1.807) is 0 Å². The van der Waals surface area contributed by atoms with Crippen molar-refractivity contribution in [3.8, 4) is 57.0 Å². The van der Waals surface area contributed by atoms with Crippen LogP contribution in [0.2, 0.25) is 0 Å². The van der Waals surface area contributed by atoms with Gasteiger partial charge in [-0.25, -0.2) is 9.97 Å². The Morgan fingerprint density at radius 3 is 1.76 bits per heavy atom. The largest absolute Gasteiger partial charge is 0.435 e. The van der Waals surface area contributed by atoms with Crippen LogP contribution < -0.4 is 0 Å². The molecule has 4 heterocycles. The summed E-state index contributed by atoms with van der Waals surface area (Å²) in [6.45, 7) is 0. The van der Waals surface area contributed by atoms with E-state index >= 15 is 0 Å². The van der Waals surface area contributed by atoms with Gasteiger partial charge in [-0.05, 0) is 76.5 Å². The Hall–Kier alpha value is -8.68. The van der Waals surface area contributed by atoms with Crippen molar-refractivity contribution < 1.29 is 4.42 Å². The average molecular weight is 807 g/mol. The van der Waals surface area contributed by atoms with Crippen LogP contribution in [0.3, 0.4) is 0 Å². The predicted octanol–water partition coefficient (Wildman–Crippen LogP) is 14.0. The smallest absolute Gasteiger partial charge is 0.238 e. The second kappa shape index (κ2) is 13.9. The van der Waals surface area contributed by atoms with E-state index < -0.39 is 0 Å². The zero-order valence-electron chi connectivity index (χ0n) is 33.7. The summed E-state index contributed by atoms with van der Waals surface area (Å²) in [7, 11) is 0. The van der Waals surface area contributed by atoms with Crippen molar-refractivity contribution >= 4 is 65.5 Å². The molecule has 0 radical (unpaired) electrons. The Labute approximate surface area is 360 Å². The van der Waals surface area contributed by atoms with Crippen molar-refractivity contribution in [2.24, 2.45) is 0 Å². The maximum Gasteiger partial charge on any atom is 0.238 e. The first kappa shape index (κ1) is 35.1. The van der Waals surface area contributed by atoms with E-state index in [1.807, 2.05) is 48.5 Å². The first-order chi connectivity index (χ1) is 31.2. The van der Waals surface area contributed by atoms with E-state index in [-0.39, 0.29) is 0 Å². The van der Waals surface area contributed by atoms with Gasteiger partial charge >= 0.3 is 0 Å². The van der Waals surface area contributed by atoms with Crippen molar-refractivity contribution in [1.29, 1.82) is 0 Å². The molecule has 7 nitrogen and oxygen atoms in total. The Morgan fingerprint density at radius 1 is 0.365 bits per heavy atom. The zero-order valence-corrected chi connectivity index (χ0v) is 33.7. The lowest BCUT2D eigenvalue weighted by molar-refractivity contribution is 0.620. The Kier molecular flexibility index (Phi) is 7.77. The van der Waals surface area contributed by atoms with Gasteiger partial charge in [0.15, 0.2) is 17.2 Å². The van der Waals surface area contributed by atoms with Gasteiger partial charge in [0.2, 0.25) is 11.8 Å². The molecule has 13 rings (SSSR count). The van der Waals surface area contributed by atoms with Crippen LogP contribution >= 0.6 is 0 Å². The number of para-hydroxylation sites is 3. The molecule has 0 bridgehead atoms. The fourth-order valence-electron chi connectivity index (χ4n) is 9.30. The Balaban J connectivity index is 1.14. The number of benzene rings is 9. The quantitative estimate of drug-likeness (QED) is 0.167. The highest BCUT2D eigenvalue weighted by Gasteiger charge is 2.25. The maximum atomic E-state index is 6.59. The van der Waals surface area contributed by atoms with Crippen LogP contribution in [-0.4, -0.2) is 29.1 Å². The lowest BCUT2D eigenvalue weighted by atomic mass is 10.1. The van der Waals surface area contributed by atoms with Crippen molar-refractivity contribution in [1.82, 2.24) is 29.1 Å². The number of hydrogen-bond acceptors (Lipinski definition) is 5. The molecular weight excluding hydrogens is 773 g/mol. The molecule has 0 saturated carbocycles. The van der Waals surface area contributed by atoms with Gasteiger partial charge in [-0.1, -0.05) is 152 Å². The maximum absolute atomic E-state index is 6.59. The van der Waals surface area contributed by atoms with E-state index in [1.165, 1.54) is 0 Å². The highest BCUT2D eigenvalue weighted by atomic mass is 16.3. The lowest BCUT2D eigenvalue weighted by Crippen LogP contribution is -2.07. The summed E-state index contributed by atoms with van der Waals surface area (Å²) in [5.41, 5.74) is 11.4. The van der Waals surface area contributed by atoms with Gasteiger partial charge in [0, 0.05) is 38.4 Å². The Bertz CT molecular complexity index is 3920.